The van der Waals surface area contributed by atoms with Crippen molar-refractivity contribution in [1.82, 2.24) is 0 Å². The minimum atomic E-state index is 0.387. The Morgan fingerprint density at radius 2 is 1.60 bits per heavy atom. The average molecular weight is 272 g/mol. The summed E-state index contributed by atoms with van der Waals surface area (Å²) in [6.45, 7) is 12.0. The summed E-state index contributed by atoms with van der Waals surface area (Å²) in [7, 11) is 0. The van der Waals surface area contributed by atoms with Crippen LogP contribution < -0.4 is 0 Å². The average Bonchev–Trinajstić information content (AvgIpc) is 2.36. The fourth-order valence-corrected chi connectivity index (χ4v) is 4.06. The van der Waals surface area contributed by atoms with Crippen LogP contribution in [0, 0.1) is 11.3 Å². The van der Waals surface area contributed by atoms with E-state index in [0.717, 1.165) is 5.92 Å². The minimum Gasteiger partial charge on any atom is -0.0853 e. The molecule has 0 aromatic rings. The van der Waals surface area contributed by atoms with Crippen molar-refractivity contribution in [2.45, 2.75) is 79.6 Å². The first-order chi connectivity index (χ1) is 9.41. The Hall–Kier alpha value is -0.780. The molecule has 0 amide bonds. The normalized spacial score (nSPS) is 33.4. The van der Waals surface area contributed by atoms with Crippen molar-refractivity contribution in [1.29, 1.82) is 0 Å². The van der Waals surface area contributed by atoms with Gasteiger partial charge in [-0.3, -0.25) is 0 Å². The molecule has 0 aromatic carbocycles. The van der Waals surface area contributed by atoms with Gasteiger partial charge in [0.15, 0.2) is 0 Å². The largest absolute Gasteiger partial charge is 0.0853 e. The third-order valence-corrected chi connectivity index (χ3v) is 5.73. The molecule has 112 valence electrons. The Kier molecular flexibility index (Phi) is 4.94. The zero-order valence-electron chi connectivity index (χ0n) is 14.2. The third-order valence-electron chi connectivity index (χ3n) is 5.73. The van der Waals surface area contributed by atoms with Gasteiger partial charge in [0.05, 0.1) is 0 Å². The number of hydrogen-bond donors (Lipinski definition) is 0. The van der Waals surface area contributed by atoms with Crippen LogP contribution in [-0.2, 0) is 0 Å². The Morgan fingerprint density at radius 3 is 2.35 bits per heavy atom. The van der Waals surface area contributed by atoms with Crippen molar-refractivity contribution in [3.63, 3.8) is 0 Å². The van der Waals surface area contributed by atoms with Gasteiger partial charge in [-0.2, -0.15) is 0 Å². The van der Waals surface area contributed by atoms with E-state index in [2.05, 4.69) is 46.8 Å². The van der Waals surface area contributed by atoms with E-state index >= 15 is 0 Å². The molecular weight excluding hydrogens is 240 g/mol. The molecule has 0 heteroatoms. The summed E-state index contributed by atoms with van der Waals surface area (Å²) in [6.07, 6.45) is 14.0. The maximum absolute atomic E-state index is 2.52. The highest BCUT2D eigenvalue weighted by molar-refractivity contribution is 5.26. The summed E-state index contributed by atoms with van der Waals surface area (Å²) in [5, 5.41) is 0. The lowest BCUT2D eigenvalue weighted by Gasteiger charge is -2.42. The van der Waals surface area contributed by atoms with Crippen molar-refractivity contribution < 1.29 is 0 Å². The molecule has 1 atom stereocenters. The van der Waals surface area contributed by atoms with E-state index in [9.17, 15) is 0 Å². The van der Waals surface area contributed by atoms with Gasteiger partial charge in [0.1, 0.15) is 0 Å². The highest BCUT2D eigenvalue weighted by Gasteiger charge is 2.36. The van der Waals surface area contributed by atoms with Crippen LogP contribution in [-0.4, -0.2) is 0 Å². The first-order valence-electron chi connectivity index (χ1n) is 8.41. The van der Waals surface area contributed by atoms with Gasteiger partial charge >= 0.3 is 0 Å². The maximum Gasteiger partial charge on any atom is -0.0111 e. The fraction of sp³-hybridized carbons (Fsp3) is 0.700. The van der Waals surface area contributed by atoms with Gasteiger partial charge in [-0.1, -0.05) is 48.3 Å². The van der Waals surface area contributed by atoms with Crippen molar-refractivity contribution in [2.24, 2.45) is 11.3 Å². The molecule has 0 aliphatic heterocycles. The summed E-state index contributed by atoms with van der Waals surface area (Å²) in [4.78, 5) is 0. The van der Waals surface area contributed by atoms with Crippen LogP contribution in [0.3, 0.4) is 0 Å². The van der Waals surface area contributed by atoms with Crippen molar-refractivity contribution >= 4 is 0 Å². The van der Waals surface area contributed by atoms with Crippen LogP contribution in [0.4, 0.5) is 0 Å². The smallest absolute Gasteiger partial charge is 0.0111 e. The predicted octanol–water partition coefficient (Wildman–Crippen LogP) is 6.60. The topological polar surface area (TPSA) is 0 Å². The molecule has 0 spiro atoms. The fourth-order valence-electron chi connectivity index (χ4n) is 4.06. The zero-order chi connectivity index (χ0) is 14.8. The number of rotatable bonds is 0. The van der Waals surface area contributed by atoms with E-state index in [1.165, 1.54) is 44.9 Å². The van der Waals surface area contributed by atoms with E-state index in [0.29, 0.717) is 5.41 Å². The zero-order valence-corrected chi connectivity index (χ0v) is 14.2. The molecule has 0 saturated carbocycles. The lowest BCUT2D eigenvalue weighted by molar-refractivity contribution is 0.223. The molecular formula is C20H32. The van der Waals surface area contributed by atoms with Crippen molar-refractivity contribution in [2.75, 3.05) is 0 Å². The molecule has 0 nitrogen and oxygen atoms in total. The van der Waals surface area contributed by atoms with Crippen LogP contribution >= 0.6 is 0 Å². The third kappa shape index (κ3) is 3.45. The van der Waals surface area contributed by atoms with Crippen molar-refractivity contribution in [3.8, 4) is 0 Å². The first kappa shape index (κ1) is 15.6. The molecule has 20 heavy (non-hydrogen) atoms. The van der Waals surface area contributed by atoms with Crippen LogP contribution in [0.1, 0.15) is 79.6 Å². The number of hydrogen-bond acceptors (Lipinski definition) is 0. The minimum absolute atomic E-state index is 0.387. The number of allylic oxidation sites excluding steroid dienone is 6. The summed E-state index contributed by atoms with van der Waals surface area (Å²) in [5.74, 6) is 0.833. The second kappa shape index (κ2) is 6.33. The van der Waals surface area contributed by atoms with E-state index in [4.69, 9.17) is 0 Å². The second-order valence-electron chi connectivity index (χ2n) is 7.59. The van der Waals surface area contributed by atoms with Gasteiger partial charge in [0.25, 0.3) is 0 Å². The van der Waals surface area contributed by atoms with E-state index in [1.807, 2.05) is 0 Å². The molecule has 0 aromatic heterocycles. The monoisotopic (exact) mass is 272 g/mol. The molecule has 0 N–H and O–H groups in total. The molecule has 2 bridgehead atoms. The van der Waals surface area contributed by atoms with Crippen LogP contribution in [0.25, 0.3) is 0 Å². The highest BCUT2D eigenvalue weighted by atomic mass is 14.4. The Balaban J connectivity index is 2.32. The molecule has 2 aliphatic rings. The quantitative estimate of drug-likeness (QED) is 0.436. The SMILES string of the molecule is CC1=C2CC/C(C)=C/CC/C(C)=C/C[C@H](CC1)C2(C)C. The summed E-state index contributed by atoms with van der Waals surface area (Å²) in [6, 6.07) is 0. The molecule has 0 fully saturated rings. The molecule has 0 unspecified atom stereocenters. The van der Waals surface area contributed by atoms with Crippen molar-refractivity contribution in [3.05, 3.63) is 34.4 Å². The van der Waals surface area contributed by atoms with Gasteiger partial charge in [-0.25, -0.2) is 0 Å². The van der Waals surface area contributed by atoms with E-state index < -0.39 is 0 Å². The van der Waals surface area contributed by atoms with Crippen LogP contribution in [0.2, 0.25) is 0 Å². The lowest BCUT2D eigenvalue weighted by Crippen LogP contribution is -2.30. The Morgan fingerprint density at radius 1 is 0.900 bits per heavy atom. The van der Waals surface area contributed by atoms with Gasteiger partial charge < -0.3 is 0 Å². The Bertz CT molecular complexity index is 443. The second-order valence-corrected chi connectivity index (χ2v) is 7.59. The molecule has 0 radical (unpaired) electrons. The van der Waals surface area contributed by atoms with Gasteiger partial charge in [-0.05, 0) is 77.0 Å². The van der Waals surface area contributed by atoms with Gasteiger partial charge in [-0.15, -0.1) is 0 Å². The first-order valence-corrected chi connectivity index (χ1v) is 8.41. The van der Waals surface area contributed by atoms with Crippen LogP contribution in [0.5, 0.6) is 0 Å². The summed E-state index contributed by atoms with van der Waals surface area (Å²) < 4.78 is 0. The van der Waals surface area contributed by atoms with E-state index in [1.54, 1.807) is 22.3 Å². The highest BCUT2D eigenvalue weighted by Crippen LogP contribution is 2.48. The number of fused-ring (bicyclic) bond motifs is 2. The predicted molar refractivity (Wildman–Crippen MR) is 89.8 cm³/mol. The maximum atomic E-state index is 2.52. The molecule has 2 rings (SSSR count). The summed E-state index contributed by atoms with van der Waals surface area (Å²) in [5.41, 5.74) is 6.98. The van der Waals surface area contributed by atoms with Gasteiger partial charge in [0, 0.05) is 0 Å². The molecule has 0 heterocycles. The standard InChI is InChI=1S/C20H32/c1-15-7-6-8-16(2)10-14-19-17(3)11-13-18(12-9-15)20(19,4)5/h8-9,18H,6-7,10-14H2,1-5H3/b15-9+,16-8+/t18-/m1/s1. The summed E-state index contributed by atoms with van der Waals surface area (Å²) >= 11 is 0. The molecule has 0 saturated heterocycles. The van der Waals surface area contributed by atoms with Crippen LogP contribution in [0.15, 0.2) is 34.4 Å². The Labute approximate surface area is 126 Å². The lowest BCUT2D eigenvalue weighted by atomic mass is 9.63. The van der Waals surface area contributed by atoms with E-state index in [-0.39, 0.29) is 0 Å². The molecule has 2 aliphatic carbocycles. The van der Waals surface area contributed by atoms with Gasteiger partial charge in [0.2, 0.25) is 0 Å².